The molecule has 4 rings (SSSR count). The van der Waals surface area contributed by atoms with Gasteiger partial charge >= 0.3 is 0 Å². The molecule has 212 valence electrons. The Morgan fingerprint density at radius 3 is 1.32 bits per heavy atom. The Bertz CT molecular complexity index is 1270. The molecule has 4 atom stereocenters. The number of nitrogens with two attached hydrogens (primary N) is 2. The Kier molecular flexibility index (Phi) is 8.59. The van der Waals surface area contributed by atoms with Gasteiger partial charge < -0.3 is 20.9 Å². The van der Waals surface area contributed by atoms with E-state index in [1.54, 1.807) is 27.7 Å². The van der Waals surface area contributed by atoms with E-state index in [1.165, 1.54) is 36.4 Å². The van der Waals surface area contributed by atoms with Crippen LogP contribution in [0.25, 0.3) is 0 Å². The van der Waals surface area contributed by atoms with E-state index >= 15 is 0 Å². The van der Waals surface area contributed by atoms with Gasteiger partial charge in [0.1, 0.15) is 0 Å². The molecule has 11 nitrogen and oxygen atoms in total. The van der Waals surface area contributed by atoms with Crippen LogP contribution in [0.5, 0.6) is 0 Å². The fourth-order valence-corrected chi connectivity index (χ4v) is 4.77. The Balaban J connectivity index is 1.52. The molecule has 4 unspecified atom stereocenters. The van der Waals surface area contributed by atoms with Crippen LogP contribution < -0.4 is 11.5 Å². The van der Waals surface area contributed by atoms with Crippen LogP contribution in [-0.4, -0.2) is 89.8 Å². The lowest BCUT2D eigenvalue weighted by molar-refractivity contribution is 0.0404. The summed E-state index contributed by atoms with van der Waals surface area (Å²) < 4.78 is 11.0. The van der Waals surface area contributed by atoms with Gasteiger partial charge in [0.15, 0.2) is 5.78 Å². The topological polar surface area (TPSA) is 162 Å². The number of carbonyl (C=O) groups is 5. The first-order valence-electron chi connectivity index (χ1n) is 13.2. The Labute approximate surface area is 232 Å². The molecule has 2 aliphatic heterocycles. The Morgan fingerprint density at radius 2 is 0.975 bits per heavy atom. The van der Waals surface area contributed by atoms with Gasteiger partial charge in [-0.3, -0.25) is 33.8 Å². The van der Waals surface area contributed by atoms with E-state index in [2.05, 4.69) is 0 Å². The predicted molar refractivity (Wildman–Crippen MR) is 145 cm³/mol. The van der Waals surface area contributed by atoms with Crippen LogP contribution in [0.3, 0.4) is 0 Å². The third-order valence-electron chi connectivity index (χ3n) is 6.72. The smallest absolute Gasteiger partial charge is 0.261 e. The van der Waals surface area contributed by atoms with Gasteiger partial charge in [-0.25, -0.2) is 0 Å². The quantitative estimate of drug-likeness (QED) is 0.295. The number of hydrogen-bond acceptors (Lipinski definition) is 9. The third-order valence-corrected chi connectivity index (χ3v) is 6.72. The number of imide groups is 2. The van der Waals surface area contributed by atoms with E-state index in [0.717, 1.165) is 9.80 Å². The molecule has 0 aliphatic carbocycles. The predicted octanol–water partition coefficient (Wildman–Crippen LogP) is 1.61. The fourth-order valence-electron chi connectivity index (χ4n) is 4.77. The normalized spacial score (nSPS) is 17.6. The maximum Gasteiger partial charge on any atom is 0.261 e. The molecule has 2 aliphatic rings. The van der Waals surface area contributed by atoms with Crippen molar-refractivity contribution in [2.75, 3.05) is 26.4 Å². The summed E-state index contributed by atoms with van der Waals surface area (Å²) in [6, 6.07) is 7.20. The highest BCUT2D eigenvalue weighted by Gasteiger charge is 2.40. The Hall–Kier alpha value is -3.77. The Morgan fingerprint density at radius 1 is 0.625 bits per heavy atom. The minimum Gasteiger partial charge on any atom is -0.378 e. The van der Waals surface area contributed by atoms with Crippen molar-refractivity contribution in [2.45, 2.75) is 51.9 Å². The number of fused-ring (bicyclic) bond motifs is 2. The lowest BCUT2D eigenvalue weighted by Crippen LogP contribution is -2.41. The van der Waals surface area contributed by atoms with Crippen molar-refractivity contribution in [3.63, 3.8) is 0 Å². The summed E-state index contributed by atoms with van der Waals surface area (Å²) in [4.78, 5) is 67.7. The molecule has 2 heterocycles. The summed E-state index contributed by atoms with van der Waals surface area (Å²) in [5.74, 6) is -2.41. The first kappa shape index (κ1) is 29.2. The second-order valence-electron chi connectivity index (χ2n) is 10.5. The number of amides is 4. The van der Waals surface area contributed by atoms with E-state index in [1.807, 2.05) is 0 Å². The van der Waals surface area contributed by atoms with Crippen LogP contribution >= 0.6 is 0 Å². The summed E-state index contributed by atoms with van der Waals surface area (Å²) in [7, 11) is 0. The van der Waals surface area contributed by atoms with Crippen LogP contribution in [0.4, 0.5) is 0 Å². The molecule has 0 saturated carbocycles. The number of carbonyl (C=O) groups excluding carboxylic acids is 5. The van der Waals surface area contributed by atoms with Gasteiger partial charge in [0.25, 0.3) is 23.6 Å². The summed E-state index contributed by atoms with van der Waals surface area (Å²) in [5.41, 5.74) is 12.4. The molecule has 0 aromatic heterocycles. The zero-order valence-corrected chi connectivity index (χ0v) is 23.0. The number of hydrogen-bond donors (Lipinski definition) is 2. The largest absolute Gasteiger partial charge is 0.378 e. The molecule has 4 N–H and O–H groups in total. The van der Waals surface area contributed by atoms with Crippen molar-refractivity contribution >= 4 is 29.4 Å². The first-order chi connectivity index (χ1) is 18.9. The molecule has 40 heavy (non-hydrogen) atoms. The average molecular weight is 551 g/mol. The van der Waals surface area contributed by atoms with Gasteiger partial charge in [0, 0.05) is 23.2 Å². The van der Waals surface area contributed by atoms with Crippen molar-refractivity contribution in [2.24, 2.45) is 11.5 Å². The summed E-state index contributed by atoms with van der Waals surface area (Å²) >= 11 is 0. The van der Waals surface area contributed by atoms with Gasteiger partial charge in [0.2, 0.25) is 0 Å². The zero-order valence-electron chi connectivity index (χ0n) is 23.0. The lowest BCUT2D eigenvalue weighted by Gasteiger charge is -2.22. The van der Waals surface area contributed by atoms with Crippen LogP contribution in [0, 0.1) is 0 Å². The standard InChI is InChI=1S/C29H34N4O7/c1-15(30)11-39-13-17(3)32-26(35)21-7-5-19(9-23(21)28(32)37)25(34)20-6-8-22-24(10-20)29(38)33(27(22)36)18(4)14-40-12-16(2)31/h5-10,15-18H,11-14,30-31H2,1-4H3. The van der Waals surface area contributed by atoms with Crippen LogP contribution in [0.1, 0.15) is 85.0 Å². The van der Waals surface area contributed by atoms with E-state index in [-0.39, 0.29) is 58.7 Å². The van der Waals surface area contributed by atoms with Gasteiger partial charge in [0.05, 0.1) is 60.8 Å². The third kappa shape index (κ3) is 5.59. The molecule has 11 heteroatoms. The average Bonchev–Trinajstić information content (AvgIpc) is 3.31. The van der Waals surface area contributed by atoms with Crippen molar-refractivity contribution in [3.8, 4) is 0 Å². The van der Waals surface area contributed by atoms with Crippen LogP contribution in [0.2, 0.25) is 0 Å². The molecule has 4 amide bonds. The van der Waals surface area contributed by atoms with Gasteiger partial charge in [-0.1, -0.05) is 12.1 Å². The van der Waals surface area contributed by atoms with E-state index in [4.69, 9.17) is 20.9 Å². The number of rotatable bonds is 12. The van der Waals surface area contributed by atoms with E-state index in [0.29, 0.717) is 13.2 Å². The monoisotopic (exact) mass is 550 g/mol. The zero-order chi connectivity index (χ0) is 29.3. The highest BCUT2D eigenvalue weighted by molar-refractivity contribution is 6.24. The van der Waals surface area contributed by atoms with Crippen LogP contribution in [0.15, 0.2) is 36.4 Å². The number of ketones is 1. The molecule has 0 bridgehead atoms. The summed E-state index contributed by atoms with van der Waals surface area (Å²) in [6.45, 7) is 7.83. The first-order valence-corrected chi connectivity index (χ1v) is 13.2. The van der Waals surface area contributed by atoms with Crippen molar-refractivity contribution in [1.82, 2.24) is 9.80 Å². The van der Waals surface area contributed by atoms with Gasteiger partial charge in [-0.2, -0.15) is 0 Å². The van der Waals surface area contributed by atoms with Crippen molar-refractivity contribution < 1.29 is 33.4 Å². The highest BCUT2D eigenvalue weighted by Crippen LogP contribution is 2.29. The summed E-state index contributed by atoms with van der Waals surface area (Å²) in [6.07, 6.45) is 0. The molecule has 0 radical (unpaired) electrons. The fraction of sp³-hybridized carbons (Fsp3) is 0.414. The minimum absolute atomic E-state index is 0.120. The highest BCUT2D eigenvalue weighted by atomic mass is 16.5. The number of nitrogens with zero attached hydrogens (tertiary/aromatic N) is 2. The van der Waals surface area contributed by atoms with E-state index < -0.39 is 41.5 Å². The van der Waals surface area contributed by atoms with Gasteiger partial charge in [-0.05, 0) is 52.0 Å². The molecule has 0 saturated heterocycles. The second kappa shape index (κ2) is 11.8. The van der Waals surface area contributed by atoms with Crippen LogP contribution in [-0.2, 0) is 9.47 Å². The van der Waals surface area contributed by atoms with E-state index in [9.17, 15) is 24.0 Å². The SMILES string of the molecule is CC(N)COCC(C)N1C(=O)c2ccc(C(=O)c3ccc4c(c3)C(=O)N(C(C)COCC(C)N)C4=O)cc2C1=O. The molecule has 0 spiro atoms. The lowest BCUT2D eigenvalue weighted by atomic mass is 9.96. The molecule has 2 aromatic rings. The molecule has 2 aromatic carbocycles. The molecular formula is C29H34N4O7. The van der Waals surface area contributed by atoms with Crippen molar-refractivity contribution in [3.05, 3.63) is 69.8 Å². The maximum atomic E-state index is 13.4. The number of ether oxygens (including phenoxy) is 2. The minimum atomic E-state index is -0.528. The second-order valence-corrected chi connectivity index (χ2v) is 10.5. The summed E-state index contributed by atoms with van der Waals surface area (Å²) in [5, 5.41) is 0. The van der Waals surface area contributed by atoms with Crippen molar-refractivity contribution in [1.29, 1.82) is 0 Å². The number of benzene rings is 2. The van der Waals surface area contributed by atoms with Gasteiger partial charge in [-0.15, -0.1) is 0 Å². The maximum absolute atomic E-state index is 13.4. The molecule has 0 fully saturated rings. The molecular weight excluding hydrogens is 516 g/mol.